The van der Waals surface area contributed by atoms with E-state index < -0.39 is 10.8 Å². The van der Waals surface area contributed by atoms with Crippen LogP contribution in [0.2, 0.25) is 0 Å². The second-order valence-electron chi connectivity index (χ2n) is 33.8. The van der Waals surface area contributed by atoms with Crippen molar-refractivity contribution >= 4 is 73.1 Å². The topological polar surface area (TPSA) is 22.9 Å². The molecule has 2 aliphatic carbocycles. The Morgan fingerprint density at radius 3 is 1.06 bits per heavy atom. The van der Waals surface area contributed by atoms with E-state index in [1.54, 1.807) is 0 Å². The van der Waals surface area contributed by atoms with Crippen LogP contribution in [0.25, 0.3) is 44.2 Å². The minimum atomic E-state index is -0.999. The third-order valence-electron chi connectivity index (χ3n) is 21.7. The molecule has 0 spiro atoms. The number of hydrogen-bond donors (Lipinski definition) is 0. The summed E-state index contributed by atoms with van der Waals surface area (Å²) in [6.45, 7) is 39.5. The van der Waals surface area contributed by atoms with Crippen molar-refractivity contribution in [1.29, 1.82) is 0 Å². The number of hydrogen-bond acceptors (Lipinski definition) is 4. The fourth-order valence-electron chi connectivity index (χ4n) is 16.2. The predicted molar refractivity (Wildman–Crippen MR) is 426 cm³/mol. The zero-order chi connectivity index (χ0) is 70.2. The van der Waals surface area contributed by atoms with Gasteiger partial charge in [-0.25, -0.2) is 0 Å². The van der Waals surface area contributed by atoms with E-state index in [-0.39, 0.29) is 27.1 Å². The molecule has 0 amide bonds. The molecule has 4 nitrogen and oxygen atoms in total. The molecule has 0 saturated heterocycles. The Kier molecular flexibility index (Phi) is 15.6. The molecule has 100 heavy (non-hydrogen) atoms. The van der Waals surface area contributed by atoms with E-state index in [1.807, 2.05) is 0 Å². The summed E-state index contributed by atoms with van der Waals surface area (Å²) in [6.07, 6.45) is 0. The molecule has 1 atom stereocenters. The van der Waals surface area contributed by atoms with Gasteiger partial charge in [0.15, 0.2) is 0 Å². The van der Waals surface area contributed by atoms with Gasteiger partial charge in [-0.1, -0.05) is 281 Å². The Morgan fingerprint density at radius 2 is 0.620 bits per heavy atom. The number of anilines is 9. The van der Waals surface area contributed by atoms with E-state index in [4.69, 9.17) is 4.42 Å². The zero-order valence-electron chi connectivity index (χ0n) is 61.7. The van der Waals surface area contributed by atoms with Crippen LogP contribution < -0.4 is 14.7 Å². The second-order valence-corrected chi connectivity index (χ2v) is 33.8. The minimum Gasteiger partial charge on any atom is -0.455 e. The molecule has 1 aromatic heterocycles. The van der Waals surface area contributed by atoms with Gasteiger partial charge < -0.3 is 19.1 Å². The number of benzene rings is 12. The maximum Gasteiger partial charge on any atom is 0.145 e. The van der Waals surface area contributed by atoms with Crippen molar-refractivity contribution in [2.24, 2.45) is 0 Å². The van der Waals surface area contributed by atoms with Crippen molar-refractivity contribution < 1.29 is 4.42 Å². The van der Waals surface area contributed by atoms with Crippen LogP contribution in [0.5, 0.6) is 0 Å². The Balaban J connectivity index is 1.12. The van der Waals surface area contributed by atoms with E-state index >= 15 is 0 Å². The van der Waals surface area contributed by atoms with Crippen LogP contribution in [-0.2, 0) is 37.9 Å². The lowest BCUT2D eigenvalue weighted by Gasteiger charge is -2.37. The molecule has 2 aliphatic rings. The Labute approximate surface area is 594 Å². The molecule has 15 rings (SSSR count). The number of para-hydroxylation sites is 3. The van der Waals surface area contributed by atoms with Crippen molar-refractivity contribution in [3.8, 4) is 22.3 Å². The molecule has 1 heterocycles. The van der Waals surface area contributed by atoms with Gasteiger partial charge in [-0.15, -0.1) is 0 Å². The van der Waals surface area contributed by atoms with Crippen LogP contribution in [0.3, 0.4) is 0 Å². The molecule has 0 aliphatic heterocycles. The van der Waals surface area contributed by atoms with E-state index in [0.29, 0.717) is 0 Å². The van der Waals surface area contributed by atoms with Gasteiger partial charge in [0.25, 0.3) is 0 Å². The van der Waals surface area contributed by atoms with Crippen molar-refractivity contribution in [3.63, 3.8) is 0 Å². The zero-order valence-corrected chi connectivity index (χ0v) is 61.7. The molecule has 4 heteroatoms. The maximum atomic E-state index is 7.83. The first-order valence-electron chi connectivity index (χ1n) is 36.0. The smallest absolute Gasteiger partial charge is 0.145 e. The standard InChI is InChI=1S/C96H95N3O/c1-90(2,3)62-36-38-67(39-37-62)96(68-48-58-73(59-49-68)97(71-50-40-63(41-51-71)91(4,5)6)72-52-42-64(43-53-72)92(7,8)9)79-60-81(98(69-28-20-18-21-29-69)74-54-44-65(45-55-74)93(10,11)12)84-76-32-24-26-34-78(76)95(16,17)88(84)86(79)87-80(96)61-82(85-77-33-25-27-35-83(77)100-89(85)87)99(70-30-22-19-23-31-70)75-56-46-66(47-57-75)94(13,14)15/h18-61H,1-17H3. The number of rotatable bonds is 11. The monoisotopic (exact) mass is 1310 g/mol. The maximum absolute atomic E-state index is 7.83. The summed E-state index contributed by atoms with van der Waals surface area (Å²) < 4.78 is 7.83. The molecule has 500 valence electrons. The van der Waals surface area contributed by atoms with Gasteiger partial charge in [0.1, 0.15) is 11.2 Å². The van der Waals surface area contributed by atoms with Crippen LogP contribution in [0.1, 0.15) is 179 Å². The van der Waals surface area contributed by atoms with E-state index in [9.17, 15) is 0 Å². The molecule has 0 radical (unpaired) electrons. The minimum absolute atomic E-state index is 0.0115. The molecule has 0 bridgehead atoms. The van der Waals surface area contributed by atoms with Crippen LogP contribution in [0.4, 0.5) is 51.2 Å². The fourth-order valence-corrected chi connectivity index (χ4v) is 16.2. The average molecular weight is 1310 g/mol. The van der Waals surface area contributed by atoms with Gasteiger partial charge in [-0.05, 0) is 203 Å². The highest BCUT2D eigenvalue weighted by atomic mass is 16.3. The fraction of sp³-hybridized carbons (Fsp3) is 0.250. The number of nitrogens with zero attached hydrogens (tertiary/aromatic N) is 3. The summed E-state index contributed by atoms with van der Waals surface area (Å²) in [5.74, 6) is 0. The first kappa shape index (κ1) is 65.8. The summed E-state index contributed by atoms with van der Waals surface area (Å²) in [5, 5.41) is 2.14. The van der Waals surface area contributed by atoms with Crippen LogP contribution >= 0.6 is 0 Å². The molecule has 0 N–H and O–H groups in total. The highest BCUT2D eigenvalue weighted by Crippen LogP contribution is 2.68. The largest absolute Gasteiger partial charge is 0.455 e. The van der Waals surface area contributed by atoms with Gasteiger partial charge in [0, 0.05) is 61.7 Å². The number of furan rings is 1. The predicted octanol–water partition coefficient (Wildman–Crippen LogP) is 27.2. The highest BCUT2D eigenvalue weighted by Gasteiger charge is 2.54. The first-order chi connectivity index (χ1) is 47.5. The summed E-state index contributed by atoms with van der Waals surface area (Å²) in [5.41, 5.74) is 28.2. The summed E-state index contributed by atoms with van der Waals surface area (Å²) in [4.78, 5) is 7.49. The van der Waals surface area contributed by atoms with Crippen molar-refractivity contribution in [3.05, 3.63) is 328 Å². The molecule has 12 aromatic carbocycles. The lowest BCUT2D eigenvalue weighted by Crippen LogP contribution is -2.30. The molecule has 0 saturated carbocycles. The van der Waals surface area contributed by atoms with E-state index in [2.05, 4.69) is 399 Å². The molecular weight excluding hydrogens is 1210 g/mol. The summed E-state index contributed by atoms with van der Waals surface area (Å²) in [7, 11) is 0. The molecule has 0 fully saturated rings. The van der Waals surface area contributed by atoms with E-state index in [0.717, 1.165) is 89.8 Å². The van der Waals surface area contributed by atoms with Gasteiger partial charge in [-0.3, -0.25) is 0 Å². The van der Waals surface area contributed by atoms with Crippen LogP contribution in [0.15, 0.2) is 271 Å². The Morgan fingerprint density at radius 1 is 0.290 bits per heavy atom. The van der Waals surface area contributed by atoms with Gasteiger partial charge in [0.05, 0.1) is 22.2 Å². The first-order valence-corrected chi connectivity index (χ1v) is 36.0. The third kappa shape index (κ3) is 11.0. The van der Waals surface area contributed by atoms with Crippen molar-refractivity contribution in [2.75, 3.05) is 14.7 Å². The summed E-state index contributed by atoms with van der Waals surface area (Å²) in [6, 6.07) is 102. The number of fused-ring (bicyclic) bond motifs is 11. The van der Waals surface area contributed by atoms with Crippen molar-refractivity contribution in [1.82, 2.24) is 0 Å². The van der Waals surface area contributed by atoms with Crippen LogP contribution in [0, 0.1) is 0 Å². The Hall–Kier alpha value is -10.2. The van der Waals surface area contributed by atoms with Gasteiger partial charge in [0.2, 0.25) is 0 Å². The van der Waals surface area contributed by atoms with E-state index in [1.165, 1.54) is 66.8 Å². The SMILES string of the molecule is CC(C)(C)c1ccc(N(c2ccc(C(C)(C)C)cc2)c2ccc(C3(c4ccc(C(C)(C)C)cc4)c4cc(N(c5ccccc5)c5ccc(C(C)(C)C)cc5)c5c(c4-c4c3cc(N(c3ccccc3)c3ccc(C(C)(C)C)cc3)c3c4oc4ccccc43)C(C)(C)c3ccccc3-5)cc2)cc1. The van der Waals surface area contributed by atoms with Gasteiger partial charge >= 0.3 is 0 Å². The normalized spacial score (nSPS) is 15.0. The molecule has 13 aromatic rings. The average Bonchev–Trinajstić information content (AvgIpc) is 1.49. The third-order valence-corrected chi connectivity index (χ3v) is 21.7. The highest BCUT2D eigenvalue weighted by molar-refractivity contribution is 6.20. The Bertz CT molecular complexity index is 5160. The molecule has 1 unspecified atom stereocenters. The second kappa shape index (κ2) is 23.8. The van der Waals surface area contributed by atoms with Crippen LogP contribution in [-0.4, -0.2) is 0 Å². The van der Waals surface area contributed by atoms with Gasteiger partial charge in [-0.2, -0.15) is 0 Å². The molecular formula is C96H95N3O. The summed E-state index contributed by atoms with van der Waals surface area (Å²) >= 11 is 0. The van der Waals surface area contributed by atoms with Crippen molar-refractivity contribution in [2.45, 2.75) is 156 Å². The lowest BCUT2D eigenvalue weighted by molar-refractivity contribution is 0.589. The lowest BCUT2D eigenvalue weighted by atomic mass is 9.66. The quantitative estimate of drug-likeness (QED) is 0.129.